The Morgan fingerprint density at radius 3 is 2.60 bits per heavy atom. The van der Waals surface area contributed by atoms with Crippen molar-refractivity contribution in [3.05, 3.63) is 11.6 Å². The molecule has 0 aliphatic heterocycles. The van der Waals surface area contributed by atoms with E-state index in [1.807, 2.05) is 0 Å². The summed E-state index contributed by atoms with van der Waals surface area (Å²) in [5.41, 5.74) is 5.17. The van der Waals surface area contributed by atoms with Gasteiger partial charge in [0.1, 0.15) is 6.04 Å². The molecule has 0 fully saturated rings. The fourth-order valence-electron chi connectivity index (χ4n) is 0.436. The summed E-state index contributed by atoms with van der Waals surface area (Å²) in [4.78, 5) is 10.1. The van der Waals surface area contributed by atoms with Crippen molar-refractivity contribution in [2.24, 2.45) is 5.73 Å². The Morgan fingerprint density at radius 2 is 2.30 bits per heavy atom. The summed E-state index contributed by atoms with van der Waals surface area (Å²) in [5.74, 6) is -1.00. The molecule has 0 aromatic heterocycles. The average molecular weight is 164 g/mol. The lowest BCUT2D eigenvalue weighted by atomic mass is 10.2. The number of nitrogens with two attached hydrogens (primary N) is 1. The molecule has 3 N–H and O–H groups in total. The normalized spacial score (nSPS) is 12.6. The van der Waals surface area contributed by atoms with Gasteiger partial charge in [0.15, 0.2) is 0 Å². The smallest absolute Gasteiger partial charge is 0.320 e. The van der Waals surface area contributed by atoms with E-state index in [9.17, 15) is 4.79 Å². The quantitative estimate of drug-likeness (QED) is 0.648. The summed E-state index contributed by atoms with van der Waals surface area (Å²) in [5, 5.41) is 8.74. The number of aliphatic carboxylic acids is 1. The van der Waals surface area contributed by atoms with Crippen molar-refractivity contribution in [2.45, 2.75) is 18.9 Å². The molecular formula is C6H10ClNO2. The molecule has 0 aliphatic carbocycles. The van der Waals surface area contributed by atoms with Crippen molar-refractivity contribution < 1.29 is 9.90 Å². The second kappa shape index (κ2) is 4.30. The van der Waals surface area contributed by atoms with E-state index in [4.69, 9.17) is 22.4 Å². The first-order chi connectivity index (χ1) is 4.54. The lowest BCUT2D eigenvalue weighted by molar-refractivity contribution is -0.138. The van der Waals surface area contributed by atoms with Gasteiger partial charge in [-0.25, -0.2) is 0 Å². The van der Waals surface area contributed by atoms with E-state index < -0.39 is 12.0 Å². The molecule has 3 nitrogen and oxygen atoms in total. The highest BCUT2D eigenvalue weighted by Gasteiger charge is 2.10. The maximum absolute atomic E-state index is 10.1. The first-order valence-electron chi connectivity index (χ1n) is 2.85. The van der Waals surface area contributed by atoms with Crippen molar-refractivity contribution in [3.8, 4) is 0 Å². The van der Waals surface area contributed by atoms with Crippen LogP contribution in [0.4, 0.5) is 0 Å². The fourth-order valence-corrected chi connectivity index (χ4v) is 0.545. The Bertz CT molecular complexity index is 147. The molecule has 0 heterocycles. The molecule has 0 rings (SSSR count). The summed E-state index contributed by atoms with van der Waals surface area (Å²) in [6, 6.07) is -0.824. The number of hydrogen-bond donors (Lipinski definition) is 2. The number of carbonyl (C=O) groups is 1. The zero-order valence-corrected chi connectivity index (χ0v) is 6.27. The van der Waals surface area contributed by atoms with Crippen molar-refractivity contribution >= 4 is 17.6 Å². The standard InChI is InChI=1S/C6H10ClNO2/c1-4(7)2-3-5(8)6(9)10/h5H,1-3,8H2,(H,9,10)/t5-/m0/s1. The topological polar surface area (TPSA) is 63.3 Å². The van der Waals surface area contributed by atoms with Crippen LogP contribution in [0.15, 0.2) is 11.6 Å². The second-order valence-corrected chi connectivity index (χ2v) is 2.54. The van der Waals surface area contributed by atoms with Gasteiger partial charge in [-0.3, -0.25) is 4.79 Å². The highest BCUT2D eigenvalue weighted by atomic mass is 35.5. The van der Waals surface area contributed by atoms with E-state index in [0.29, 0.717) is 17.9 Å². The Morgan fingerprint density at radius 1 is 1.80 bits per heavy atom. The zero-order valence-electron chi connectivity index (χ0n) is 5.51. The maximum atomic E-state index is 10.1. The van der Waals surface area contributed by atoms with Crippen molar-refractivity contribution in [1.29, 1.82) is 0 Å². The molecule has 4 heteroatoms. The van der Waals surface area contributed by atoms with Crippen molar-refractivity contribution in [1.82, 2.24) is 0 Å². The van der Waals surface area contributed by atoms with E-state index in [1.54, 1.807) is 0 Å². The van der Waals surface area contributed by atoms with Crippen LogP contribution in [0.25, 0.3) is 0 Å². The monoisotopic (exact) mass is 163 g/mol. The van der Waals surface area contributed by atoms with Crippen LogP contribution in [0.5, 0.6) is 0 Å². The Kier molecular flexibility index (Phi) is 4.07. The van der Waals surface area contributed by atoms with Gasteiger partial charge in [-0.15, -0.1) is 0 Å². The molecule has 58 valence electrons. The van der Waals surface area contributed by atoms with Crippen LogP contribution in [0.1, 0.15) is 12.8 Å². The minimum atomic E-state index is -1.00. The van der Waals surface area contributed by atoms with Crippen LogP contribution in [-0.2, 0) is 4.79 Å². The second-order valence-electron chi connectivity index (χ2n) is 2.00. The number of rotatable bonds is 4. The van der Waals surface area contributed by atoms with Crippen LogP contribution in [0.3, 0.4) is 0 Å². The third kappa shape index (κ3) is 4.35. The van der Waals surface area contributed by atoms with E-state index in [-0.39, 0.29) is 0 Å². The molecule has 0 spiro atoms. The van der Waals surface area contributed by atoms with Crippen molar-refractivity contribution in [2.75, 3.05) is 0 Å². The molecule has 1 atom stereocenters. The minimum Gasteiger partial charge on any atom is -0.480 e. The number of carboxylic acid groups (broad SMARTS) is 1. The van der Waals surface area contributed by atoms with Crippen LogP contribution in [0, 0.1) is 0 Å². The number of carboxylic acids is 1. The molecule has 0 aliphatic rings. The van der Waals surface area contributed by atoms with Gasteiger partial charge in [-0.2, -0.15) is 0 Å². The van der Waals surface area contributed by atoms with Gasteiger partial charge >= 0.3 is 5.97 Å². The van der Waals surface area contributed by atoms with Gasteiger partial charge in [0, 0.05) is 5.03 Å². The summed E-state index contributed by atoms with van der Waals surface area (Å²) >= 11 is 5.38. The SMILES string of the molecule is C=C(Cl)CC[C@H](N)C(=O)O. The predicted octanol–water partition coefficient (Wildman–Crippen LogP) is 0.931. The Balaban J connectivity index is 3.49. The molecular weight excluding hydrogens is 154 g/mol. The van der Waals surface area contributed by atoms with Crippen LogP contribution < -0.4 is 5.73 Å². The fraction of sp³-hybridized carbons (Fsp3) is 0.500. The van der Waals surface area contributed by atoms with Gasteiger partial charge in [0.2, 0.25) is 0 Å². The molecule has 0 radical (unpaired) electrons. The summed E-state index contributed by atoms with van der Waals surface area (Å²) in [6.07, 6.45) is 0.798. The Labute approximate surface area is 64.5 Å². The lowest BCUT2D eigenvalue weighted by Crippen LogP contribution is -2.29. The lowest BCUT2D eigenvalue weighted by Gasteiger charge is -2.03. The predicted molar refractivity (Wildman–Crippen MR) is 39.8 cm³/mol. The minimum absolute atomic E-state index is 0.345. The molecule has 0 aromatic carbocycles. The zero-order chi connectivity index (χ0) is 8.15. The molecule has 0 bridgehead atoms. The van der Waals surface area contributed by atoms with E-state index in [1.165, 1.54) is 0 Å². The summed E-state index contributed by atoms with van der Waals surface area (Å²) in [7, 11) is 0. The molecule has 0 unspecified atom stereocenters. The molecule has 0 saturated heterocycles. The third-order valence-electron chi connectivity index (χ3n) is 1.04. The van der Waals surface area contributed by atoms with Gasteiger partial charge in [-0.1, -0.05) is 18.2 Å². The van der Waals surface area contributed by atoms with E-state index in [0.717, 1.165) is 0 Å². The van der Waals surface area contributed by atoms with Crippen LogP contribution in [0.2, 0.25) is 0 Å². The van der Waals surface area contributed by atoms with E-state index in [2.05, 4.69) is 6.58 Å². The largest absolute Gasteiger partial charge is 0.480 e. The first-order valence-corrected chi connectivity index (χ1v) is 3.23. The highest BCUT2D eigenvalue weighted by molar-refractivity contribution is 6.29. The van der Waals surface area contributed by atoms with Crippen LogP contribution >= 0.6 is 11.6 Å². The van der Waals surface area contributed by atoms with Gasteiger partial charge < -0.3 is 10.8 Å². The van der Waals surface area contributed by atoms with Gasteiger partial charge in [-0.05, 0) is 12.8 Å². The maximum Gasteiger partial charge on any atom is 0.320 e. The average Bonchev–Trinajstić information content (AvgIpc) is 1.82. The van der Waals surface area contributed by atoms with E-state index >= 15 is 0 Å². The van der Waals surface area contributed by atoms with Gasteiger partial charge in [0.25, 0.3) is 0 Å². The molecule has 0 aromatic rings. The first kappa shape index (κ1) is 9.46. The van der Waals surface area contributed by atoms with Crippen molar-refractivity contribution in [3.63, 3.8) is 0 Å². The number of hydrogen-bond acceptors (Lipinski definition) is 2. The third-order valence-corrected chi connectivity index (χ3v) is 1.23. The molecule has 10 heavy (non-hydrogen) atoms. The van der Waals surface area contributed by atoms with Crippen LogP contribution in [-0.4, -0.2) is 17.1 Å². The molecule has 0 amide bonds. The number of allylic oxidation sites excluding steroid dienone is 1. The number of halogens is 1. The van der Waals surface area contributed by atoms with Gasteiger partial charge in [0.05, 0.1) is 0 Å². The summed E-state index contributed by atoms with van der Waals surface area (Å²) < 4.78 is 0. The molecule has 0 saturated carbocycles. The summed E-state index contributed by atoms with van der Waals surface area (Å²) in [6.45, 7) is 3.40. The highest BCUT2D eigenvalue weighted by Crippen LogP contribution is 2.07. The Hall–Kier alpha value is -0.540.